The molecule has 1 amide bonds. The Balaban J connectivity index is 4.24. The Morgan fingerprint density at radius 1 is 1.13 bits per heavy atom. The summed E-state index contributed by atoms with van der Waals surface area (Å²) in [5.74, 6) is 0. The summed E-state index contributed by atoms with van der Waals surface area (Å²) in [7, 11) is -1.68. The summed E-state index contributed by atoms with van der Waals surface area (Å²) in [6.07, 6.45) is 1.65. The highest BCUT2D eigenvalue weighted by molar-refractivity contribution is 6.74. The summed E-state index contributed by atoms with van der Waals surface area (Å²) in [5, 5.41) is 0.231. The van der Waals surface area contributed by atoms with Gasteiger partial charge < -0.3 is 14.9 Å². The van der Waals surface area contributed by atoms with Crippen LogP contribution >= 0.6 is 0 Å². The highest BCUT2D eigenvalue weighted by Crippen LogP contribution is 2.36. The van der Waals surface area contributed by atoms with Gasteiger partial charge in [0.25, 0.3) is 0 Å². The molecule has 0 fully saturated rings. The molecule has 0 radical (unpaired) electrons. The van der Waals surface area contributed by atoms with Crippen LogP contribution in [0.3, 0.4) is 0 Å². The van der Waals surface area contributed by atoms with Gasteiger partial charge in [0.2, 0.25) is 0 Å². The molecule has 23 heavy (non-hydrogen) atoms. The maximum atomic E-state index is 10.9. The van der Waals surface area contributed by atoms with Crippen molar-refractivity contribution in [1.29, 1.82) is 0 Å². The molecule has 0 saturated carbocycles. The van der Waals surface area contributed by atoms with Gasteiger partial charge in [-0.25, -0.2) is 4.79 Å². The van der Waals surface area contributed by atoms with Gasteiger partial charge in [0, 0.05) is 6.61 Å². The van der Waals surface area contributed by atoms with Crippen molar-refractivity contribution in [2.75, 3.05) is 6.61 Å². The van der Waals surface area contributed by atoms with Crippen molar-refractivity contribution in [3.05, 3.63) is 24.3 Å². The van der Waals surface area contributed by atoms with Gasteiger partial charge >= 0.3 is 6.09 Å². The molecule has 0 aliphatic heterocycles. The van der Waals surface area contributed by atoms with Gasteiger partial charge in [-0.2, -0.15) is 0 Å². The second-order valence-electron chi connectivity index (χ2n) is 8.17. The number of primary amides is 1. The van der Waals surface area contributed by atoms with E-state index < -0.39 is 20.0 Å². The van der Waals surface area contributed by atoms with E-state index in [0.717, 1.165) is 30.6 Å². The molecule has 0 heterocycles. The number of carbonyl (C=O) groups excluding carboxylic acids is 1. The van der Waals surface area contributed by atoms with Crippen LogP contribution in [-0.2, 0) is 9.16 Å². The predicted octanol–water partition coefficient (Wildman–Crippen LogP) is 5.16. The second kappa shape index (κ2) is 8.15. The quantitative estimate of drug-likeness (QED) is 0.358. The van der Waals surface area contributed by atoms with Crippen LogP contribution in [0.15, 0.2) is 24.3 Å². The van der Waals surface area contributed by atoms with E-state index in [1.54, 1.807) is 13.8 Å². The van der Waals surface area contributed by atoms with Crippen molar-refractivity contribution in [3.8, 4) is 0 Å². The van der Waals surface area contributed by atoms with Crippen molar-refractivity contribution in [2.45, 2.75) is 77.6 Å². The zero-order chi connectivity index (χ0) is 18.5. The zero-order valence-electron chi connectivity index (χ0n) is 16.0. The highest BCUT2D eigenvalue weighted by atomic mass is 28.4. The van der Waals surface area contributed by atoms with Crippen molar-refractivity contribution >= 4 is 14.4 Å². The monoisotopic (exact) mass is 341 g/mol. The minimum Gasteiger partial charge on any atom is -0.439 e. The third kappa shape index (κ3) is 7.84. The van der Waals surface area contributed by atoms with Crippen LogP contribution in [0.4, 0.5) is 4.79 Å². The Morgan fingerprint density at radius 2 is 1.65 bits per heavy atom. The number of nitrogens with two attached hydrogens (primary N) is 1. The van der Waals surface area contributed by atoms with E-state index in [1.807, 2.05) is 0 Å². The normalized spacial score (nSPS) is 12.8. The average molecular weight is 342 g/mol. The standard InChI is InChI=1S/C18H35NO3Si/c1-14(13-15(2)18(6,7)22-16(19)20)11-10-12-21-23(8,9)17(3,4)5/h1-2,10-13H2,3-9H3,(H2,19,20). The van der Waals surface area contributed by atoms with Gasteiger partial charge in [-0.15, -0.1) is 0 Å². The van der Waals surface area contributed by atoms with E-state index in [4.69, 9.17) is 14.9 Å². The first-order valence-electron chi connectivity index (χ1n) is 8.16. The third-order valence-electron chi connectivity index (χ3n) is 4.61. The Labute approximate surface area is 143 Å². The largest absolute Gasteiger partial charge is 0.439 e. The maximum absolute atomic E-state index is 10.9. The predicted molar refractivity (Wildman–Crippen MR) is 100 cm³/mol. The number of hydrogen-bond donors (Lipinski definition) is 1. The molecule has 0 aliphatic carbocycles. The lowest BCUT2D eigenvalue weighted by atomic mass is 9.92. The first-order valence-corrected chi connectivity index (χ1v) is 11.1. The van der Waals surface area contributed by atoms with Gasteiger partial charge in [-0.3, -0.25) is 0 Å². The number of amides is 1. The Kier molecular flexibility index (Phi) is 7.77. The van der Waals surface area contributed by atoms with E-state index in [9.17, 15) is 4.79 Å². The molecule has 0 spiro atoms. The number of carbonyl (C=O) groups is 1. The minimum atomic E-state index is -1.68. The molecule has 0 aromatic carbocycles. The fourth-order valence-corrected chi connectivity index (χ4v) is 2.88. The molecule has 0 aromatic rings. The maximum Gasteiger partial charge on any atom is 0.405 e. The van der Waals surface area contributed by atoms with Crippen molar-refractivity contribution in [1.82, 2.24) is 0 Å². The fraction of sp³-hybridized carbons (Fsp3) is 0.722. The molecule has 2 N–H and O–H groups in total. The lowest BCUT2D eigenvalue weighted by Crippen LogP contribution is -2.40. The van der Waals surface area contributed by atoms with Crippen LogP contribution in [0.2, 0.25) is 18.1 Å². The van der Waals surface area contributed by atoms with E-state index in [2.05, 4.69) is 47.0 Å². The van der Waals surface area contributed by atoms with Crippen LogP contribution in [-0.4, -0.2) is 26.6 Å². The molecule has 4 nitrogen and oxygen atoms in total. The van der Waals surface area contributed by atoms with Gasteiger partial charge in [0.15, 0.2) is 8.32 Å². The first kappa shape index (κ1) is 21.9. The summed E-state index contributed by atoms with van der Waals surface area (Å²) in [6.45, 7) is 23.7. The SMILES string of the molecule is C=C(CCCO[Si](C)(C)C(C)(C)C)CC(=C)C(C)(C)OC(N)=O. The lowest BCUT2D eigenvalue weighted by molar-refractivity contribution is 0.0707. The van der Waals surface area contributed by atoms with Crippen molar-refractivity contribution < 1.29 is 14.0 Å². The van der Waals surface area contributed by atoms with Crippen LogP contribution < -0.4 is 5.73 Å². The summed E-state index contributed by atoms with van der Waals surface area (Å²) >= 11 is 0. The van der Waals surface area contributed by atoms with E-state index in [1.165, 1.54) is 0 Å². The highest BCUT2D eigenvalue weighted by Gasteiger charge is 2.36. The topological polar surface area (TPSA) is 61.6 Å². The molecule has 0 aromatic heterocycles. The molecular weight excluding hydrogens is 306 g/mol. The summed E-state index contributed by atoms with van der Waals surface area (Å²) in [6, 6.07) is 0. The molecule has 0 aliphatic rings. The third-order valence-corrected chi connectivity index (χ3v) is 9.15. The summed E-state index contributed by atoms with van der Waals surface area (Å²) in [4.78, 5) is 10.9. The summed E-state index contributed by atoms with van der Waals surface area (Å²) < 4.78 is 11.2. The van der Waals surface area contributed by atoms with Crippen molar-refractivity contribution in [3.63, 3.8) is 0 Å². The van der Waals surface area contributed by atoms with Crippen LogP contribution in [0.5, 0.6) is 0 Å². The lowest BCUT2D eigenvalue weighted by Gasteiger charge is -2.36. The van der Waals surface area contributed by atoms with E-state index in [0.29, 0.717) is 6.42 Å². The van der Waals surface area contributed by atoms with Gasteiger partial charge in [0.1, 0.15) is 5.60 Å². The van der Waals surface area contributed by atoms with Crippen LogP contribution in [0.1, 0.15) is 53.9 Å². The van der Waals surface area contributed by atoms with Crippen molar-refractivity contribution in [2.24, 2.45) is 5.73 Å². The first-order chi connectivity index (χ1) is 10.2. The van der Waals surface area contributed by atoms with E-state index >= 15 is 0 Å². The van der Waals surface area contributed by atoms with Gasteiger partial charge in [-0.1, -0.05) is 39.5 Å². The van der Waals surface area contributed by atoms with Gasteiger partial charge in [0.05, 0.1) is 0 Å². The average Bonchev–Trinajstić information content (AvgIpc) is 2.31. The minimum absolute atomic E-state index is 0.231. The summed E-state index contributed by atoms with van der Waals surface area (Å²) in [5.41, 5.74) is 6.17. The number of allylic oxidation sites excluding steroid dienone is 1. The Hall–Kier alpha value is -1.07. The molecule has 0 atom stereocenters. The Morgan fingerprint density at radius 3 is 2.09 bits per heavy atom. The zero-order valence-corrected chi connectivity index (χ0v) is 17.0. The molecule has 0 unspecified atom stereocenters. The molecule has 0 rings (SSSR count). The molecular formula is C18H35NO3Si. The number of ether oxygens (including phenoxy) is 1. The fourth-order valence-electron chi connectivity index (χ4n) is 1.79. The second-order valence-corrected chi connectivity index (χ2v) is 13.0. The van der Waals surface area contributed by atoms with E-state index in [-0.39, 0.29) is 5.04 Å². The molecule has 134 valence electrons. The number of hydrogen-bond acceptors (Lipinski definition) is 3. The Bertz CT molecular complexity index is 448. The molecule has 5 heteroatoms. The van der Waals surface area contributed by atoms with Crippen LogP contribution in [0.25, 0.3) is 0 Å². The molecule has 0 saturated heterocycles. The molecule has 0 bridgehead atoms. The number of rotatable bonds is 9. The van der Waals surface area contributed by atoms with Gasteiger partial charge in [-0.05, 0) is 56.8 Å². The smallest absolute Gasteiger partial charge is 0.405 e. The van der Waals surface area contributed by atoms with Crippen LogP contribution in [0, 0.1) is 0 Å².